The van der Waals surface area contributed by atoms with Crippen molar-refractivity contribution in [2.45, 2.75) is 65.1 Å². The van der Waals surface area contributed by atoms with Crippen LogP contribution >= 0.6 is 0 Å². The van der Waals surface area contributed by atoms with Crippen LogP contribution in [0.15, 0.2) is 24.3 Å². The first-order chi connectivity index (χ1) is 14.5. The van der Waals surface area contributed by atoms with Crippen LogP contribution in [0.3, 0.4) is 0 Å². The molecule has 170 valence electrons. The van der Waals surface area contributed by atoms with E-state index in [1.807, 2.05) is 32.9 Å². The van der Waals surface area contributed by atoms with Crippen molar-refractivity contribution in [3.05, 3.63) is 24.3 Å². The molecule has 0 unspecified atom stereocenters. The van der Waals surface area contributed by atoms with Gasteiger partial charge in [-0.25, -0.2) is 4.79 Å². The van der Waals surface area contributed by atoms with Crippen molar-refractivity contribution < 1.29 is 19.1 Å². The van der Waals surface area contributed by atoms with Crippen LogP contribution in [0.1, 0.15) is 47.5 Å². The maximum absolute atomic E-state index is 12.5. The molecule has 2 saturated heterocycles. The zero-order valence-electron chi connectivity index (χ0n) is 19.1. The topological polar surface area (TPSA) is 91.0 Å². The number of amides is 3. The van der Waals surface area contributed by atoms with Gasteiger partial charge in [-0.15, -0.1) is 0 Å². The fraction of sp³-hybridized carbons (Fsp3) is 0.609. The third kappa shape index (κ3) is 5.89. The maximum atomic E-state index is 12.5. The monoisotopic (exact) mass is 430 g/mol. The predicted octanol–water partition coefficient (Wildman–Crippen LogP) is 2.99. The second kappa shape index (κ2) is 9.16. The molecule has 0 saturated carbocycles. The van der Waals surface area contributed by atoms with Crippen molar-refractivity contribution in [3.63, 3.8) is 0 Å². The standard InChI is InChI=1S/C23H34N4O4/c1-15-13-26(22(30)31-23(3,4)5)14-16(2)27(15)19-8-6-7-18(11-19)24-12-17-9-10-20(28)25-21(17)29/h6-8,11,15-17,24H,9-10,12-14H2,1-5H3,(H,25,28,29)/t15-,16+,17-/m0/s1. The van der Waals surface area contributed by atoms with Crippen molar-refractivity contribution in [2.24, 2.45) is 5.92 Å². The Morgan fingerprint density at radius 1 is 1.19 bits per heavy atom. The molecule has 1 aromatic rings. The van der Waals surface area contributed by atoms with Crippen LogP contribution in [0.2, 0.25) is 0 Å². The third-order valence-electron chi connectivity index (χ3n) is 5.62. The Balaban J connectivity index is 1.63. The number of ether oxygens (including phenoxy) is 1. The highest BCUT2D eigenvalue weighted by Gasteiger charge is 2.34. The molecule has 8 nitrogen and oxygen atoms in total. The lowest BCUT2D eigenvalue weighted by Gasteiger charge is -2.46. The zero-order chi connectivity index (χ0) is 22.8. The van der Waals surface area contributed by atoms with Gasteiger partial charge in [0.25, 0.3) is 0 Å². The normalized spacial score (nSPS) is 24.6. The molecule has 0 aliphatic carbocycles. The summed E-state index contributed by atoms with van der Waals surface area (Å²) in [6, 6.07) is 8.35. The van der Waals surface area contributed by atoms with Gasteiger partial charge in [0, 0.05) is 49.5 Å². The fourth-order valence-corrected chi connectivity index (χ4v) is 4.26. The Morgan fingerprint density at radius 2 is 1.87 bits per heavy atom. The lowest BCUT2D eigenvalue weighted by molar-refractivity contribution is -0.135. The average molecular weight is 431 g/mol. The molecule has 3 amide bonds. The minimum atomic E-state index is -0.511. The molecule has 3 atom stereocenters. The molecule has 2 N–H and O–H groups in total. The summed E-state index contributed by atoms with van der Waals surface area (Å²) in [5.74, 6) is -0.617. The first-order valence-corrected chi connectivity index (χ1v) is 11.0. The number of carbonyl (C=O) groups is 3. The first-order valence-electron chi connectivity index (χ1n) is 11.0. The summed E-state index contributed by atoms with van der Waals surface area (Å²) >= 11 is 0. The summed E-state index contributed by atoms with van der Waals surface area (Å²) in [7, 11) is 0. The van der Waals surface area contributed by atoms with Gasteiger partial charge in [-0.1, -0.05) is 6.07 Å². The van der Waals surface area contributed by atoms with Crippen molar-refractivity contribution >= 4 is 29.3 Å². The van der Waals surface area contributed by atoms with Crippen LogP contribution in [0.5, 0.6) is 0 Å². The molecule has 0 radical (unpaired) electrons. The number of hydrogen-bond acceptors (Lipinski definition) is 6. The number of benzene rings is 1. The third-order valence-corrected chi connectivity index (χ3v) is 5.62. The summed E-state index contributed by atoms with van der Waals surface area (Å²) in [5.41, 5.74) is 1.48. The lowest BCUT2D eigenvalue weighted by Crippen LogP contribution is -2.58. The highest BCUT2D eigenvalue weighted by atomic mass is 16.6. The number of rotatable bonds is 4. The van der Waals surface area contributed by atoms with Gasteiger partial charge in [-0.05, 0) is 59.2 Å². The van der Waals surface area contributed by atoms with Crippen LogP contribution in [0, 0.1) is 5.92 Å². The molecule has 0 spiro atoms. The summed E-state index contributed by atoms with van der Waals surface area (Å²) in [6.07, 6.45) is 0.679. The van der Waals surface area contributed by atoms with Crippen molar-refractivity contribution in [2.75, 3.05) is 29.9 Å². The van der Waals surface area contributed by atoms with E-state index in [-0.39, 0.29) is 35.9 Å². The second-order valence-electron chi connectivity index (χ2n) is 9.57. The van der Waals surface area contributed by atoms with Crippen molar-refractivity contribution in [1.82, 2.24) is 10.2 Å². The molecule has 2 aliphatic heterocycles. The quantitative estimate of drug-likeness (QED) is 0.714. The number of piperidine rings is 1. The van der Waals surface area contributed by atoms with E-state index in [2.05, 4.69) is 41.5 Å². The fourth-order valence-electron chi connectivity index (χ4n) is 4.26. The average Bonchev–Trinajstić information content (AvgIpc) is 2.66. The van der Waals surface area contributed by atoms with Crippen molar-refractivity contribution in [1.29, 1.82) is 0 Å². The largest absolute Gasteiger partial charge is 0.444 e. The van der Waals surface area contributed by atoms with E-state index < -0.39 is 5.60 Å². The van der Waals surface area contributed by atoms with Crippen LogP contribution in [0.25, 0.3) is 0 Å². The van der Waals surface area contributed by atoms with Gasteiger partial charge in [-0.2, -0.15) is 0 Å². The molecular weight excluding hydrogens is 396 g/mol. The van der Waals surface area contributed by atoms with Gasteiger partial charge < -0.3 is 19.9 Å². The Kier molecular flexibility index (Phi) is 6.77. The highest BCUT2D eigenvalue weighted by Crippen LogP contribution is 2.28. The Hall–Kier alpha value is -2.77. The summed E-state index contributed by atoms with van der Waals surface area (Å²) in [4.78, 5) is 39.9. The number of nitrogens with zero attached hydrogens (tertiary/aromatic N) is 2. The number of carbonyl (C=O) groups excluding carboxylic acids is 3. The Labute approximate surface area is 184 Å². The van der Waals surface area contributed by atoms with E-state index in [0.29, 0.717) is 32.5 Å². The smallest absolute Gasteiger partial charge is 0.410 e. The predicted molar refractivity (Wildman–Crippen MR) is 120 cm³/mol. The van der Waals surface area contributed by atoms with Gasteiger partial charge >= 0.3 is 6.09 Å². The van der Waals surface area contributed by atoms with E-state index >= 15 is 0 Å². The molecule has 31 heavy (non-hydrogen) atoms. The van der Waals surface area contributed by atoms with Gasteiger partial charge in [-0.3, -0.25) is 14.9 Å². The first kappa shape index (κ1) is 22.9. The van der Waals surface area contributed by atoms with Gasteiger partial charge in [0.1, 0.15) is 5.60 Å². The van der Waals surface area contributed by atoms with Gasteiger partial charge in [0.05, 0.1) is 5.92 Å². The molecular formula is C23H34N4O4. The maximum Gasteiger partial charge on any atom is 0.410 e. The van der Waals surface area contributed by atoms with Crippen LogP contribution in [0.4, 0.5) is 16.2 Å². The highest BCUT2D eigenvalue weighted by molar-refractivity contribution is 5.98. The summed E-state index contributed by atoms with van der Waals surface area (Å²) in [6.45, 7) is 11.5. The lowest BCUT2D eigenvalue weighted by atomic mass is 9.98. The second-order valence-corrected chi connectivity index (χ2v) is 9.57. The minimum absolute atomic E-state index is 0.127. The van der Waals surface area contributed by atoms with Crippen LogP contribution in [-0.4, -0.2) is 60.1 Å². The molecule has 2 aliphatic rings. The SMILES string of the molecule is C[C@@H]1CN(C(=O)OC(C)(C)C)C[C@H](C)N1c1cccc(NC[C@@H]2CCC(=O)NC2=O)c1. The summed E-state index contributed by atoms with van der Waals surface area (Å²) < 4.78 is 5.54. The zero-order valence-corrected chi connectivity index (χ0v) is 19.1. The van der Waals surface area contributed by atoms with Gasteiger partial charge in [0.2, 0.25) is 11.8 Å². The number of hydrogen-bond donors (Lipinski definition) is 2. The molecule has 0 bridgehead atoms. The van der Waals surface area contributed by atoms with E-state index in [4.69, 9.17) is 4.74 Å². The molecule has 3 rings (SSSR count). The Bertz CT molecular complexity index is 823. The number of piperazine rings is 1. The minimum Gasteiger partial charge on any atom is -0.444 e. The molecule has 0 aromatic heterocycles. The van der Waals surface area contributed by atoms with Crippen molar-refractivity contribution in [3.8, 4) is 0 Å². The molecule has 1 aromatic carbocycles. The van der Waals surface area contributed by atoms with Crippen LogP contribution in [-0.2, 0) is 14.3 Å². The van der Waals surface area contributed by atoms with Crippen LogP contribution < -0.4 is 15.5 Å². The molecule has 2 heterocycles. The van der Waals surface area contributed by atoms with E-state index in [1.54, 1.807) is 4.90 Å². The summed E-state index contributed by atoms with van der Waals surface area (Å²) in [5, 5.41) is 5.74. The number of nitrogens with one attached hydrogen (secondary N) is 2. The Morgan fingerprint density at radius 3 is 2.48 bits per heavy atom. The molecule has 2 fully saturated rings. The number of imide groups is 1. The molecule has 8 heteroatoms. The van der Waals surface area contributed by atoms with E-state index in [0.717, 1.165) is 11.4 Å². The number of anilines is 2. The van der Waals surface area contributed by atoms with E-state index in [1.165, 1.54) is 0 Å². The van der Waals surface area contributed by atoms with E-state index in [9.17, 15) is 14.4 Å². The van der Waals surface area contributed by atoms with Gasteiger partial charge in [0.15, 0.2) is 0 Å².